The standard InChI is InChI=1S/C11H5Cl2N3O2S2/c12-7-1-2-10(13)11(3-7)20(17,18)9(5-14)4-8-6-19-16-15-8/h1-4,6H/b9-4+. The molecule has 1 aromatic heterocycles. The SMILES string of the molecule is N#C/C(=C\c1csnn1)S(=O)(=O)c1cc(Cl)ccc1Cl. The molecule has 0 spiro atoms. The average molecular weight is 346 g/mol. The van der Waals surface area contributed by atoms with Crippen molar-refractivity contribution in [3.8, 4) is 6.07 Å². The van der Waals surface area contributed by atoms with Gasteiger partial charge in [-0.1, -0.05) is 27.7 Å². The maximum atomic E-state index is 12.4. The summed E-state index contributed by atoms with van der Waals surface area (Å²) in [6.07, 6.45) is 1.13. The zero-order chi connectivity index (χ0) is 14.8. The van der Waals surface area contributed by atoms with Gasteiger partial charge in [0.15, 0.2) is 4.91 Å². The Morgan fingerprint density at radius 2 is 2.15 bits per heavy atom. The summed E-state index contributed by atoms with van der Waals surface area (Å²) in [4.78, 5) is -0.697. The highest BCUT2D eigenvalue weighted by Crippen LogP contribution is 2.30. The molecule has 0 amide bonds. The third-order valence-corrected chi connectivity index (χ3v) is 5.14. The summed E-state index contributed by atoms with van der Waals surface area (Å²) in [6, 6.07) is 5.65. The van der Waals surface area contributed by atoms with Gasteiger partial charge in [-0.2, -0.15) is 5.26 Å². The van der Waals surface area contributed by atoms with Gasteiger partial charge in [-0.05, 0) is 35.8 Å². The fourth-order valence-electron chi connectivity index (χ4n) is 1.34. The molecule has 0 aliphatic rings. The zero-order valence-corrected chi connectivity index (χ0v) is 12.8. The second-order valence-corrected chi connectivity index (χ2v) is 6.87. The Bertz CT molecular complexity index is 809. The van der Waals surface area contributed by atoms with E-state index in [4.69, 9.17) is 28.5 Å². The average Bonchev–Trinajstić information content (AvgIpc) is 2.91. The molecule has 1 heterocycles. The highest BCUT2D eigenvalue weighted by atomic mass is 35.5. The van der Waals surface area contributed by atoms with Crippen LogP contribution in [0.1, 0.15) is 5.69 Å². The van der Waals surface area contributed by atoms with E-state index < -0.39 is 14.7 Å². The second kappa shape index (κ2) is 5.89. The van der Waals surface area contributed by atoms with Crippen molar-refractivity contribution in [3.63, 3.8) is 0 Å². The number of hydrogen-bond donors (Lipinski definition) is 0. The molecule has 0 radical (unpaired) electrons. The minimum Gasteiger partial charge on any atom is -0.218 e. The van der Waals surface area contributed by atoms with Gasteiger partial charge in [-0.15, -0.1) is 5.10 Å². The summed E-state index contributed by atoms with van der Waals surface area (Å²) in [7, 11) is -4.06. The zero-order valence-electron chi connectivity index (χ0n) is 9.62. The molecule has 0 atom stereocenters. The summed E-state index contributed by atoms with van der Waals surface area (Å²) in [5, 5.41) is 14.5. The molecule has 0 aliphatic carbocycles. The van der Waals surface area contributed by atoms with Crippen LogP contribution >= 0.6 is 34.7 Å². The molecular weight excluding hydrogens is 341 g/mol. The number of hydrogen-bond acceptors (Lipinski definition) is 6. The van der Waals surface area contributed by atoms with E-state index in [1.165, 1.54) is 23.6 Å². The predicted octanol–water partition coefficient (Wildman–Crippen LogP) is 3.18. The maximum Gasteiger partial charge on any atom is 0.218 e. The van der Waals surface area contributed by atoms with Crippen molar-refractivity contribution in [2.24, 2.45) is 0 Å². The Labute approximate surface area is 129 Å². The fourth-order valence-corrected chi connectivity index (χ4v) is 3.65. The monoisotopic (exact) mass is 345 g/mol. The third-order valence-electron chi connectivity index (χ3n) is 2.24. The molecule has 0 unspecified atom stereocenters. The van der Waals surface area contributed by atoms with Gasteiger partial charge in [0.25, 0.3) is 0 Å². The van der Waals surface area contributed by atoms with Gasteiger partial charge in [-0.25, -0.2) is 8.42 Å². The second-order valence-electron chi connectivity index (χ2n) is 3.53. The van der Waals surface area contributed by atoms with Gasteiger partial charge < -0.3 is 0 Å². The summed E-state index contributed by atoms with van der Waals surface area (Å²) >= 11 is 12.7. The molecule has 5 nitrogen and oxygen atoms in total. The van der Waals surface area contributed by atoms with Crippen molar-refractivity contribution < 1.29 is 8.42 Å². The van der Waals surface area contributed by atoms with E-state index in [1.807, 2.05) is 0 Å². The van der Waals surface area contributed by atoms with Crippen LogP contribution in [-0.2, 0) is 9.84 Å². The first-order valence-electron chi connectivity index (χ1n) is 5.04. The van der Waals surface area contributed by atoms with E-state index in [-0.39, 0.29) is 20.6 Å². The van der Waals surface area contributed by atoms with Crippen LogP contribution in [0.3, 0.4) is 0 Å². The number of allylic oxidation sites excluding steroid dienone is 1. The van der Waals surface area contributed by atoms with Crippen LogP contribution in [-0.4, -0.2) is 18.0 Å². The molecule has 0 aliphatic heterocycles. The molecule has 0 fully saturated rings. The normalized spacial score (nSPS) is 12.2. The van der Waals surface area contributed by atoms with Gasteiger partial charge in [-0.3, -0.25) is 0 Å². The third kappa shape index (κ3) is 2.99. The lowest BCUT2D eigenvalue weighted by Gasteiger charge is -2.05. The van der Waals surface area contributed by atoms with Crippen molar-refractivity contribution in [1.82, 2.24) is 9.59 Å². The maximum absolute atomic E-state index is 12.4. The van der Waals surface area contributed by atoms with Crippen molar-refractivity contribution in [2.45, 2.75) is 4.90 Å². The summed E-state index contributed by atoms with van der Waals surface area (Å²) in [5.74, 6) is 0. The number of halogens is 2. The lowest BCUT2D eigenvalue weighted by atomic mass is 10.4. The van der Waals surface area contributed by atoms with E-state index in [9.17, 15) is 8.42 Å². The molecule has 102 valence electrons. The molecule has 9 heteroatoms. The van der Waals surface area contributed by atoms with E-state index in [0.717, 1.165) is 17.6 Å². The Kier molecular flexibility index (Phi) is 4.40. The summed E-state index contributed by atoms with van der Waals surface area (Å²) < 4.78 is 28.4. The van der Waals surface area contributed by atoms with Crippen molar-refractivity contribution >= 4 is 50.6 Å². The molecule has 0 N–H and O–H groups in total. The fraction of sp³-hybridized carbons (Fsp3) is 0. The van der Waals surface area contributed by atoms with Crippen LogP contribution in [0.15, 0.2) is 33.4 Å². The van der Waals surface area contributed by atoms with Crippen molar-refractivity contribution in [1.29, 1.82) is 5.26 Å². The lowest BCUT2D eigenvalue weighted by Crippen LogP contribution is -2.04. The molecule has 1 aromatic carbocycles. The lowest BCUT2D eigenvalue weighted by molar-refractivity contribution is 0.603. The number of nitriles is 1. The van der Waals surface area contributed by atoms with Gasteiger partial charge in [0.05, 0.1) is 9.92 Å². The topological polar surface area (TPSA) is 83.7 Å². The molecule has 2 rings (SSSR count). The largest absolute Gasteiger partial charge is 0.218 e. The number of benzene rings is 1. The molecule has 20 heavy (non-hydrogen) atoms. The van der Waals surface area contributed by atoms with Gasteiger partial charge >= 0.3 is 0 Å². The summed E-state index contributed by atoms with van der Waals surface area (Å²) in [5.41, 5.74) is 0.285. The number of nitrogens with zero attached hydrogens (tertiary/aromatic N) is 3. The Hall–Kier alpha value is -1.46. The van der Waals surface area contributed by atoms with E-state index in [2.05, 4.69) is 9.59 Å². The molecular formula is C11H5Cl2N3O2S2. The Balaban J connectivity index is 2.59. The Morgan fingerprint density at radius 1 is 1.40 bits per heavy atom. The van der Waals surface area contributed by atoms with Gasteiger partial charge in [0.2, 0.25) is 9.84 Å². The molecule has 0 saturated heterocycles. The first-order valence-corrected chi connectivity index (χ1v) is 8.11. The van der Waals surface area contributed by atoms with Crippen molar-refractivity contribution in [3.05, 3.63) is 44.2 Å². The molecule has 0 saturated carbocycles. The number of rotatable bonds is 3. The van der Waals surface area contributed by atoms with Crippen LogP contribution in [0, 0.1) is 11.3 Å². The van der Waals surface area contributed by atoms with Gasteiger partial charge in [0.1, 0.15) is 11.8 Å². The highest BCUT2D eigenvalue weighted by molar-refractivity contribution is 7.95. The quantitative estimate of drug-likeness (QED) is 0.797. The van der Waals surface area contributed by atoms with Gasteiger partial charge in [0, 0.05) is 10.4 Å². The highest BCUT2D eigenvalue weighted by Gasteiger charge is 2.24. The number of aromatic nitrogens is 2. The van der Waals surface area contributed by atoms with E-state index in [0.29, 0.717) is 0 Å². The van der Waals surface area contributed by atoms with Crippen LogP contribution < -0.4 is 0 Å². The van der Waals surface area contributed by atoms with Crippen LogP contribution in [0.4, 0.5) is 0 Å². The van der Waals surface area contributed by atoms with E-state index >= 15 is 0 Å². The minimum absolute atomic E-state index is 0.00745. The smallest absolute Gasteiger partial charge is 0.218 e. The number of sulfone groups is 1. The van der Waals surface area contributed by atoms with Crippen LogP contribution in [0.2, 0.25) is 10.0 Å². The van der Waals surface area contributed by atoms with E-state index in [1.54, 1.807) is 6.07 Å². The first kappa shape index (κ1) is 14.9. The first-order chi connectivity index (χ1) is 9.45. The summed E-state index contributed by atoms with van der Waals surface area (Å²) in [6.45, 7) is 0. The molecule has 0 bridgehead atoms. The Morgan fingerprint density at radius 3 is 2.75 bits per heavy atom. The van der Waals surface area contributed by atoms with Crippen LogP contribution in [0.25, 0.3) is 6.08 Å². The van der Waals surface area contributed by atoms with Crippen LogP contribution in [0.5, 0.6) is 0 Å². The molecule has 2 aromatic rings. The predicted molar refractivity (Wildman–Crippen MR) is 77.1 cm³/mol. The minimum atomic E-state index is -4.06. The van der Waals surface area contributed by atoms with Crippen molar-refractivity contribution in [2.75, 3.05) is 0 Å².